The van der Waals surface area contributed by atoms with E-state index in [2.05, 4.69) is 22.6 Å². The van der Waals surface area contributed by atoms with E-state index >= 15 is 0 Å². The predicted octanol–water partition coefficient (Wildman–Crippen LogP) is 3.96. The van der Waals surface area contributed by atoms with E-state index in [0.29, 0.717) is 24.4 Å². The first-order valence-electron chi connectivity index (χ1n) is 10.8. The molecule has 3 heterocycles. The van der Waals surface area contributed by atoms with Gasteiger partial charge in [-0.1, -0.05) is 6.58 Å². The van der Waals surface area contributed by atoms with Crippen molar-refractivity contribution in [2.24, 2.45) is 0 Å². The summed E-state index contributed by atoms with van der Waals surface area (Å²) in [5.41, 5.74) is 3.28. The molecule has 1 aliphatic carbocycles. The maximum absolute atomic E-state index is 13.1. The number of rotatable bonds is 3. The zero-order valence-corrected chi connectivity index (χ0v) is 18.7. The van der Waals surface area contributed by atoms with Crippen LogP contribution in [0.5, 0.6) is 0 Å². The second-order valence-electron chi connectivity index (χ2n) is 9.67. The van der Waals surface area contributed by atoms with Crippen LogP contribution in [0.15, 0.2) is 29.8 Å². The number of ether oxygens (including phenoxy) is 1. The van der Waals surface area contributed by atoms with Gasteiger partial charge in [0.15, 0.2) is 0 Å². The maximum Gasteiger partial charge on any atom is 0.410 e. The van der Waals surface area contributed by atoms with Crippen LogP contribution in [0.3, 0.4) is 0 Å². The van der Waals surface area contributed by atoms with E-state index in [0.717, 1.165) is 41.7 Å². The number of aromatic amines is 1. The van der Waals surface area contributed by atoms with Gasteiger partial charge in [0, 0.05) is 18.9 Å². The Morgan fingerprint density at radius 2 is 2.03 bits per heavy atom. The fourth-order valence-electron chi connectivity index (χ4n) is 4.05. The van der Waals surface area contributed by atoms with Crippen molar-refractivity contribution in [1.82, 2.24) is 19.9 Å². The van der Waals surface area contributed by atoms with Crippen LogP contribution < -0.4 is 5.56 Å². The van der Waals surface area contributed by atoms with Gasteiger partial charge in [0.05, 0.1) is 23.2 Å². The minimum absolute atomic E-state index is 0.175. The summed E-state index contributed by atoms with van der Waals surface area (Å²) in [5.74, 6) is 0.697. The van der Waals surface area contributed by atoms with Crippen LogP contribution in [0.1, 0.15) is 75.2 Å². The summed E-state index contributed by atoms with van der Waals surface area (Å²) in [7, 11) is 0. The zero-order chi connectivity index (χ0) is 22.4. The van der Waals surface area contributed by atoms with E-state index in [-0.39, 0.29) is 17.5 Å². The molecule has 0 radical (unpaired) electrons. The molecule has 0 aromatic carbocycles. The van der Waals surface area contributed by atoms with Crippen LogP contribution in [-0.2, 0) is 23.1 Å². The second kappa shape index (κ2) is 7.62. The average molecular weight is 423 g/mol. The highest BCUT2D eigenvalue weighted by molar-refractivity contribution is 5.68. The Bertz CT molecular complexity index is 1090. The third-order valence-electron chi connectivity index (χ3n) is 5.93. The first kappa shape index (κ1) is 21.3. The molecule has 0 unspecified atom stereocenters. The Labute approximate surface area is 182 Å². The molecule has 7 nitrogen and oxygen atoms in total. The summed E-state index contributed by atoms with van der Waals surface area (Å²) in [4.78, 5) is 39.5. The summed E-state index contributed by atoms with van der Waals surface area (Å²) >= 11 is 0. The van der Waals surface area contributed by atoms with E-state index in [1.54, 1.807) is 11.1 Å². The van der Waals surface area contributed by atoms with Gasteiger partial charge in [-0.3, -0.25) is 9.78 Å². The van der Waals surface area contributed by atoms with Crippen LogP contribution in [0.4, 0.5) is 4.79 Å². The molecular formula is C24H30N4O3. The van der Waals surface area contributed by atoms with Crippen molar-refractivity contribution in [3.8, 4) is 0 Å². The lowest BCUT2D eigenvalue weighted by Gasteiger charge is -2.26. The third kappa shape index (κ3) is 4.27. The van der Waals surface area contributed by atoms with Crippen molar-refractivity contribution >= 4 is 11.7 Å². The summed E-state index contributed by atoms with van der Waals surface area (Å²) in [5, 5.41) is 0. The second-order valence-corrected chi connectivity index (χ2v) is 9.67. The number of pyridine rings is 1. The Morgan fingerprint density at radius 1 is 1.29 bits per heavy atom. The summed E-state index contributed by atoms with van der Waals surface area (Å²) in [6, 6.07) is 2.10. The Hall–Kier alpha value is -2.96. The number of aryl methyl sites for hydroxylation is 1. The highest BCUT2D eigenvalue weighted by Crippen LogP contribution is 2.52. The molecule has 1 amide bonds. The molecule has 0 saturated heterocycles. The Kier molecular flexibility index (Phi) is 5.23. The molecule has 1 aliphatic heterocycles. The molecule has 1 N–H and O–H groups in total. The minimum atomic E-state index is -0.578. The van der Waals surface area contributed by atoms with Gasteiger partial charge >= 0.3 is 6.09 Å². The maximum atomic E-state index is 13.1. The lowest BCUT2D eigenvalue weighted by Crippen LogP contribution is -2.37. The number of aromatic nitrogens is 3. The van der Waals surface area contributed by atoms with E-state index in [1.165, 1.54) is 0 Å². The molecule has 1 saturated carbocycles. The summed E-state index contributed by atoms with van der Waals surface area (Å²) < 4.78 is 5.50. The van der Waals surface area contributed by atoms with Gasteiger partial charge in [-0.05, 0) is 76.1 Å². The van der Waals surface area contributed by atoms with Gasteiger partial charge in [-0.2, -0.15) is 0 Å². The number of nitrogens with zero attached hydrogens (tertiary/aromatic N) is 3. The quantitative estimate of drug-likeness (QED) is 0.809. The van der Waals surface area contributed by atoms with Gasteiger partial charge in [0.2, 0.25) is 0 Å². The number of nitrogens with one attached hydrogen (secondary N) is 1. The molecule has 4 rings (SSSR count). The van der Waals surface area contributed by atoms with Gasteiger partial charge in [-0.15, -0.1) is 0 Å². The SMILES string of the molecule is C=C(C)c1cncc(C2(c3nc4c(c(=O)[nH]3)CN(C(=O)OC(C)(C)C)CCC4)CC2)c1. The summed E-state index contributed by atoms with van der Waals surface area (Å²) in [6.07, 6.45) is 6.49. The van der Waals surface area contributed by atoms with E-state index in [4.69, 9.17) is 9.72 Å². The number of hydrogen-bond donors (Lipinski definition) is 1. The van der Waals surface area contributed by atoms with Crippen LogP contribution in [0.25, 0.3) is 5.57 Å². The standard InChI is InChI=1S/C24H30N4O3/c1-15(2)16-11-17(13-25-12-16)24(8-9-24)21-26-19-7-6-10-28(14-18(19)20(29)27-21)22(30)31-23(3,4)5/h11-13H,1,6-10,14H2,2-5H3,(H,26,27,29). The van der Waals surface area contributed by atoms with Gasteiger partial charge in [0.1, 0.15) is 11.4 Å². The number of amides is 1. The first-order valence-corrected chi connectivity index (χ1v) is 10.8. The molecule has 2 aliphatic rings. The van der Waals surface area contributed by atoms with Crippen molar-refractivity contribution in [1.29, 1.82) is 0 Å². The first-order chi connectivity index (χ1) is 14.6. The van der Waals surface area contributed by atoms with Crippen molar-refractivity contribution in [3.05, 3.63) is 63.6 Å². The summed E-state index contributed by atoms with van der Waals surface area (Å²) in [6.45, 7) is 12.2. The topological polar surface area (TPSA) is 88.2 Å². The Morgan fingerprint density at radius 3 is 2.68 bits per heavy atom. The van der Waals surface area contributed by atoms with E-state index < -0.39 is 11.7 Å². The van der Waals surface area contributed by atoms with Gasteiger partial charge in [0.25, 0.3) is 5.56 Å². The third-order valence-corrected chi connectivity index (χ3v) is 5.93. The van der Waals surface area contributed by atoms with Crippen molar-refractivity contribution in [3.63, 3.8) is 0 Å². The molecular weight excluding hydrogens is 392 g/mol. The average Bonchev–Trinajstić information content (AvgIpc) is 3.51. The molecule has 2 aromatic rings. The number of fused-ring (bicyclic) bond motifs is 1. The minimum Gasteiger partial charge on any atom is -0.444 e. The molecule has 1 fully saturated rings. The molecule has 7 heteroatoms. The lowest BCUT2D eigenvalue weighted by molar-refractivity contribution is 0.0236. The van der Waals surface area contributed by atoms with Crippen LogP contribution in [0, 0.1) is 0 Å². The predicted molar refractivity (Wildman–Crippen MR) is 119 cm³/mol. The lowest BCUT2D eigenvalue weighted by atomic mass is 9.94. The molecule has 0 spiro atoms. The number of allylic oxidation sites excluding steroid dienone is 1. The van der Waals surface area contributed by atoms with Crippen LogP contribution >= 0.6 is 0 Å². The number of H-pyrrole nitrogens is 1. The largest absolute Gasteiger partial charge is 0.444 e. The van der Waals surface area contributed by atoms with E-state index in [1.807, 2.05) is 33.9 Å². The molecule has 0 bridgehead atoms. The monoisotopic (exact) mass is 422 g/mol. The Balaban J connectivity index is 1.66. The molecule has 0 atom stereocenters. The number of hydrogen-bond acceptors (Lipinski definition) is 5. The smallest absolute Gasteiger partial charge is 0.410 e. The fourth-order valence-corrected chi connectivity index (χ4v) is 4.05. The molecule has 31 heavy (non-hydrogen) atoms. The van der Waals surface area contributed by atoms with Crippen molar-refractivity contribution in [2.75, 3.05) is 6.54 Å². The van der Waals surface area contributed by atoms with Gasteiger partial charge in [-0.25, -0.2) is 9.78 Å². The highest BCUT2D eigenvalue weighted by Gasteiger charge is 2.49. The number of carbonyl (C=O) groups is 1. The number of carbonyl (C=O) groups excluding carboxylic acids is 1. The van der Waals surface area contributed by atoms with Crippen LogP contribution in [0.2, 0.25) is 0 Å². The molecule has 2 aromatic heterocycles. The van der Waals surface area contributed by atoms with Gasteiger partial charge < -0.3 is 14.6 Å². The van der Waals surface area contributed by atoms with Crippen molar-refractivity contribution < 1.29 is 9.53 Å². The molecule has 164 valence electrons. The van der Waals surface area contributed by atoms with Crippen LogP contribution in [-0.4, -0.2) is 38.1 Å². The normalized spacial score (nSPS) is 17.5. The highest BCUT2D eigenvalue weighted by atomic mass is 16.6. The van der Waals surface area contributed by atoms with E-state index in [9.17, 15) is 9.59 Å². The zero-order valence-electron chi connectivity index (χ0n) is 18.7. The van der Waals surface area contributed by atoms with Crippen molar-refractivity contribution in [2.45, 2.75) is 70.9 Å². The fraction of sp³-hybridized carbons (Fsp3) is 0.500.